The van der Waals surface area contributed by atoms with Crippen molar-refractivity contribution in [3.05, 3.63) is 59.4 Å². The summed E-state index contributed by atoms with van der Waals surface area (Å²) in [7, 11) is 0. The minimum atomic E-state index is -0.882. The number of hydrogen-bond acceptors (Lipinski definition) is 2. The molecule has 3 N–H and O–H groups in total. The summed E-state index contributed by atoms with van der Waals surface area (Å²) in [6.45, 7) is 0.516. The van der Waals surface area contributed by atoms with Crippen LogP contribution in [0.3, 0.4) is 0 Å². The third kappa shape index (κ3) is 4.58. The molecule has 2 fully saturated rings. The van der Waals surface area contributed by atoms with Gasteiger partial charge in [0.2, 0.25) is 5.91 Å². The number of nitrogens with one attached hydrogen (secondary N) is 2. The van der Waals surface area contributed by atoms with Crippen molar-refractivity contribution < 1.29 is 23.1 Å². The van der Waals surface area contributed by atoms with Crippen LogP contribution in [-0.4, -0.2) is 28.1 Å². The molecule has 0 saturated heterocycles. The summed E-state index contributed by atoms with van der Waals surface area (Å²) in [6.07, 6.45) is 6.03. The molecule has 0 radical (unpaired) electrons. The molecular weight excluding hydrogens is 441 g/mol. The van der Waals surface area contributed by atoms with E-state index in [0.29, 0.717) is 36.0 Å². The highest BCUT2D eigenvalue weighted by Gasteiger charge is 2.36. The van der Waals surface area contributed by atoms with Crippen molar-refractivity contribution in [3.63, 3.8) is 0 Å². The molecule has 0 bridgehead atoms. The van der Waals surface area contributed by atoms with Gasteiger partial charge in [-0.2, -0.15) is 0 Å². The predicted molar refractivity (Wildman–Crippen MR) is 125 cm³/mol. The summed E-state index contributed by atoms with van der Waals surface area (Å²) in [5.74, 6) is -1.47. The zero-order valence-corrected chi connectivity index (χ0v) is 19.0. The first kappa shape index (κ1) is 23.0. The standard InChI is InChI=1S/C27H29F3N2O2/c28-19-6-4-17(5-7-19)25-24(21-12-20(29)13-22(30)26(21)32-25)18-10-16(11-18)15-31-23(33)14-27(34)8-2-1-3-9-27/h4-7,12-13,16,18,32,34H,1-3,8-11,14-15H2,(H,31,33)/t16-,18+. The summed E-state index contributed by atoms with van der Waals surface area (Å²) in [4.78, 5) is 15.5. The minimum absolute atomic E-state index is 0.0689. The average molecular weight is 471 g/mol. The maximum Gasteiger partial charge on any atom is 0.222 e. The van der Waals surface area contributed by atoms with Crippen molar-refractivity contribution in [3.8, 4) is 11.3 Å². The zero-order valence-electron chi connectivity index (χ0n) is 19.0. The van der Waals surface area contributed by atoms with Crippen LogP contribution in [0.1, 0.15) is 62.8 Å². The van der Waals surface area contributed by atoms with E-state index < -0.39 is 17.2 Å². The van der Waals surface area contributed by atoms with Crippen molar-refractivity contribution in [1.29, 1.82) is 0 Å². The number of fused-ring (bicyclic) bond motifs is 1. The number of H-pyrrole nitrogens is 1. The molecular formula is C27H29F3N2O2. The number of aromatic amines is 1. The smallest absolute Gasteiger partial charge is 0.222 e. The molecule has 0 aliphatic heterocycles. The van der Waals surface area contributed by atoms with E-state index in [-0.39, 0.29) is 35.5 Å². The Kier molecular flexibility index (Phi) is 6.15. The Hall–Kier alpha value is -2.80. The van der Waals surface area contributed by atoms with Crippen LogP contribution in [0, 0.1) is 23.4 Å². The Labute approximate surface area is 196 Å². The van der Waals surface area contributed by atoms with E-state index in [1.807, 2.05) is 0 Å². The van der Waals surface area contributed by atoms with Crippen LogP contribution < -0.4 is 5.32 Å². The van der Waals surface area contributed by atoms with Gasteiger partial charge in [-0.1, -0.05) is 19.3 Å². The van der Waals surface area contributed by atoms with Gasteiger partial charge >= 0.3 is 0 Å². The first-order valence-corrected chi connectivity index (χ1v) is 12.1. The zero-order chi connectivity index (χ0) is 23.9. The molecule has 0 spiro atoms. The Morgan fingerprint density at radius 3 is 2.44 bits per heavy atom. The van der Waals surface area contributed by atoms with Crippen LogP contribution in [0.5, 0.6) is 0 Å². The quantitative estimate of drug-likeness (QED) is 0.417. The van der Waals surface area contributed by atoms with Gasteiger partial charge in [-0.15, -0.1) is 0 Å². The van der Waals surface area contributed by atoms with Gasteiger partial charge in [0.15, 0.2) is 0 Å². The molecule has 1 aromatic heterocycles. The van der Waals surface area contributed by atoms with Crippen LogP contribution in [0.2, 0.25) is 0 Å². The highest BCUT2D eigenvalue weighted by Crippen LogP contribution is 2.48. The molecule has 2 aromatic carbocycles. The van der Waals surface area contributed by atoms with E-state index in [1.54, 1.807) is 12.1 Å². The molecule has 0 unspecified atom stereocenters. The number of rotatable bonds is 6. The monoisotopic (exact) mass is 470 g/mol. The molecule has 4 nitrogen and oxygen atoms in total. The Bertz CT molecular complexity index is 1190. The van der Waals surface area contributed by atoms with Crippen molar-refractivity contribution in [1.82, 2.24) is 10.3 Å². The molecule has 7 heteroatoms. The second-order valence-corrected chi connectivity index (χ2v) is 10.0. The Morgan fingerprint density at radius 2 is 1.74 bits per heavy atom. The second kappa shape index (κ2) is 9.10. The van der Waals surface area contributed by atoms with E-state index in [4.69, 9.17) is 0 Å². The largest absolute Gasteiger partial charge is 0.389 e. The average Bonchev–Trinajstić information content (AvgIpc) is 3.13. The minimum Gasteiger partial charge on any atom is -0.389 e. The lowest BCUT2D eigenvalue weighted by Gasteiger charge is -2.37. The summed E-state index contributed by atoms with van der Waals surface area (Å²) >= 11 is 0. The SMILES string of the molecule is O=C(CC1(O)CCCCC1)NC[C@H]1C[C@@H](c2c(-c3ccc(F)cc3)[nH]c3c(F)cc(F)cc32)C1. The second-order valence-electron chi connectivity index (χ2n) is 10.0. The molecule has 2 aliphatic carbocycles. The molecule has 0 atom stereocenters. The molecule has 2 aliphatic rings. The van der Waals surface area contributed by atoms with Gasteiger partial charge in [0.25, 0.3) is 0 Å². The lowest BCUT2D eigenvalue weighted by atomic mass is 9.70. The van der Waals surface area contributed by atoms with Crippen LogP contribution in [0.4, 0.5) is 13.2 Å². The molecule has 5 rings (SSSR count). The molecule has 3 aromatic rings. The maximum absolute atomic E-state index is 14.5. The topological polar surface area (TPSA) is 65.1 Å². The number of halogens is 3. The molecule has 180 valence electrons. The van der Waals surface area contributed by atoms with Gasteiger partial charge in [0.1, 0.15) is 17.5 Å². The third-order valence-corrected chi connectivity index (χ3v) is 7.50. The van der Waals surface area contributed by atoms with Gasteiger partial charge in [-0.05, 0) is 79.0 Å². The summed E-state index contributed by atoms with van der Waals surface area (Å²) < 4.78 is 42.0. The van der Waals surface area contributed by atoms with E-state index in [2.05, 4.69) is 10.3 Å². The summed E-state index contributed by atoms with van der Waals surface area (Å²) in [6, 6.07) is 8.16. The molecule has 1 heterocycles. The number of carbonyl (C=O) groups excluding carboxylic acids is 1. The van der Waals surface area contributed by atoms with Gasteiger partial charge in [-0.25, -0.2) is 13.2 Å². The Morgan fingerprint density at radius 1 is 1.03 bits per heavy atom. The fourth-order valence-electron chi connectivity index (χ4n) is 5.65. The van der Waals surface area contributed by atoms with Gasteiger partial charge < -0.3 is 15.4 Å². The summed E-state index contributed by atoms with van der Waals surface area (Å²) in [5, 5.41) is 14.1. The highest BCUT2D eigenvalue weighted by atomic mass is 19.1. The fourth-order valence-corrected chi connectivity index (χ4v) is 5.65. The molecule has 2 saturated carbocycles. The van der Waals surface area contributed by atoms with Gasteiger partial charge in [0.05, 0.1) is 23.2 Å². The first-order valence-electron chi connectivity index (χ1n) is 12.1. The predicted octanol–water partition coefficient (Wildman–Crippen LogP) is 5.95. The highest BCUT2D eigenvalue weighted by molar-refractivity contribution is 5.92. The summed E-state index contributed by atoms with van der Waals surface area (Å²) in [5.41, 5.74) is 1.58. The van der Waals surface area contributed by atoms with E-state index in [9.17, 15) is 23.1 Å². The number of aromatic nitrogens is 1. The van der Waals surface area contributed by atoms with Gasteiger partial charge in [0, 0.05) is 18.0 Å². The van der Waals surface area contributed by atoms with E-state index in [1.165, 1.54) is 18.2 Å². The van der Waals surface area contributed by atoms with Gasteiger partial charge in [-0.3, -0.25) is 4.79 Å². The third-order valence-electron chi connectivity index (χ3n) is 7.50. The molecule has 34 heavy (non-hydrogen) atoms. The van der Waals surface area contributed by atoms with Crippen molar-refractivity contribution >= 4 is 16.8 Å². The van der Waals surface area contributed by atoms with Crippen LogP contribution in [0.25, 0.3) is 22.2 Å². The van der Waals surface area contributed by atoms with Crippen molar-refractivity contribution in [2.75, 3.05) is 6.54 Å². The number of amides is 1. The van der Waals surface area contributed by atoms with Crippen LogP contribution in [0.15, 0.2) is 36.4 Å². The number of hydrogen-bond donors (Lipinski definition) is 3. The van der Waals surface area contributed by atoms with Crippen LogP contribution >= 0.6 is 0 Å². The Balaban J connectivity index is 1.30. The van der Waals surface area contributed by atoms with Crippen molar-refractivity contribution in [2.24, 2.45) is 5.92 Å². The normalized spacial score (nSPS) is 21.9. The number of benzene rings is 2. The molecule has 1 amide bonds. The lowest BCUT2D eigenvalue weighted by molar-refractivity contribution is -0.127. The van der Waals surface area contributed by atoms with E-state index >= 15 is 0 Å². The number of aliphatic hydroxyl groups is 1. The lowest BCUT2D eigenvalue weighted by Crippen LogP contribution is -2.41. The fraction of sp³-hybridized carbons (Fsp3) is 0.444. The number of carbonyl (C=O) groups is 1. The first-order chi connectivity index (χ1) is 16.3. The van der Waals surface area contributed by atoms with E-state index in [0.717, 1.165) is 43.7 Å². The van der Waals surface area contributed by atoms with Crippen LogP contribution in [-0.2, 0) is 4.79 Å². The van der Waals surface area contributed by atoms with Crippen molar-refractivity contribution in [2.45, 2.75) is 62.9 Å². The maximum atomic E-state index is 14.5.